The molecule has 0 aliphatic carbocycles. The molecule has 2 amide bonds. The molecule has 2 N–H and O–H groups in total. The maximum absolute atomic E-state index is 13.7. The lowest BCUT2D eigenvalue weighted by atomic mass is 9.78. The highest BCUT2D eigenvalue weighted by Gasteiger charge is 2.65. The standard InChI is InChI=1S/C24H27N3O4/c1-14-6-8-19-17(11-14)24(23(29)26-19)18(12-15-5-4-10-27(15)24)22(28)25-20-13-16(30-2)7-9-21(20)31-3/h6-9,11,13,15,18H,4-5,10,12H2,1-3H3,(H,25,28)(H,26,29)/t15-,18+,24-/m1/s1. The molecule has 3 aliphatic heterocycles. The summed E-state index contributed by atoms with van der Waals surface area (Å²) in [5.74, 6) is 0.392. The predicted octanol–water partition coefficient (Wildman–Crippen LogP) is 3.28. The summed E-state index contributed by atoms with van der Waals surface area (Å²) in [6.45, 7) is 2.83. The minimum atomic E-state index is -0.974. The van der Waals surface area contributed by atoms with Gasteiger partial charge in [-0.1, -0.05) is 17.7 Å². The maximum atomic E-state index is 13.7. The molecule has 7 nitrogen and oxygen atoms in total. The monoisotopic (exact) mass is 421 g/mol. The van der Waals surface area contributed by atoms with E-state index in [-0.39, 0.29) is 17.9 Å². The third-order valence-corrected chi connectivity index (χ3v) is 7.00. The quantitative estimate of drug-likeness (QED) is 0.792. The molecule has 0 radical (unpaired) electrons. The van der Waals surface area contributed by atoms with Crippen molar-refractivity contribution < 1.29 is 19.1 Å². The van der Waals surface area contributed by atoms with E-state index in [0.29, 0.717) is 23.6 Å². The summed E-state index contributed by atoms with van der Waals surface area (Å²) < 4.78 is 10.7. The second-order valence-corrected chi connectivity index (χ2v) is 8.60. The molecule has 2 fully saturated rings. The zero-order chi connectivity index (χ0) is 21.8. The number of hydrogen-bond acceptors (Lipinski definition) is 5. The van der Waals surface area contributed by atoms with Gasteiger partial charge in [-0.05, 0) is 50.9 Å². The van der Waals surface area contributed by atoms with E-state index in [1.54, 1.807) is 32.4 Å². The van der Waals surface area contributed by atoms with Crippen LogP contribution in [0.4, 0.5) is 11.4 Å². The fourth-order valence-electron chi connectivity index (χ4n) is 5.67. The Morgan fingerprint density at radius 2 is 2.03 bits per heavy atom. The maximum Gasteiger partial charge on any atom is 0.250 e. The van der Waals surface area contributed by atoms with Gasteiger partial charge in [-0.2, -0.15) is 0 Å². The molecule has 3 atom stereocenters. The van der Waals surface area contributed by atoms with Crippen LogP contribution >= 0.6 is 0 Å². The van der Waals surface area contributed by atoms with E-state index in [2.05, 4.69) is 21.6 Å². The first-order chi connectivity index (χ1) is 15.0. The highest BCUT2D eigenvalue weighted by atomic mass is 16.5. The summed E-state index contributed by atoms with van der Waals surface area (Å²) in [6, 6.07) is 11.5. The SMILES string of the molecule is COc1ccc(OC)c(NC(=O)[C@@H]2C[C@H]3CCCN3[C@@]23C(=O)Nc2ccc(C)cc23)c1. The number of methoxy groups -OCH3 is 2. The van der Waals surface area contributed by atoms with Crippen LogP contribution in [0.3, 0.4) is 0 Å². The molecule has 7 heteroatoms. The molecule has 5 rings (SSSR count). The summed E-state index contributed by atoms with van der Waals surface area (Å²) >= 11 is 0. The minimum absolute atomic E-state index is 0.102. The molecule has 0 aromatic heterocycles. The summed E-state index contributed by atoms with van der Waals surface area (Å²) in [7, 11) is 3.14. The van der Waals surface area contributed by atoms with Gasteiger partial charge in [-0.3, -0.25) is 14.5 Å². The molecular formula is C24H27N3O4. The van der Waals surface area contributed by atoms with E-state index in [0.717, 1.165) is 36.2 Å². The van der Waals surface area contributed by atoms with Crippen molar-refractivity contribution in [1.29, 1.82) is 0 Å². The first-order valence-corrected chi connectivity index (χ1v) is 10.7. The lowest BCUT2D eigenvalue weighted by Crippen LogP contribution is -2.53. The Labute approximate surface area is 181 Å². The topological polar surface area (TPSA) is 79.9 Å². The van der Waals surface area contributed by atoms with Crippen molar-refractivity contribution in [3.05, 3.63) is 47.5 Å². The summed E-state index contributed by atoms with van der Waals surface area (Å²) in [6.07, 6.45) is 2.69. The molecule has 31 heavy (non-hydrogen) atoms. The third kappa shape index (κ3) is 2.83. The van der Waals surface area contributed by atoms with Gasteiger partial charge in [-0.15, -0.1) is 0 Å². The smallest absolute Gasteiger partial charge is 0.250 e. The van der Waals surface area contributed by atoms with Crippen LogP contribution in [0.5, 0.6) is 11.5 Å². The van der Waals surface area contributed by atoms with Crippen LogP contribution in [0.1, 0.15) is 30.4 Å². The van der Waals surface area contributed by atoms with E-state index >= 15 is 0 Å². The molecule has 2 saturated heterocycles. The Balaban J connectivity index is 1.57. The van der Waals surface area contributed by atoms with Gasteiger partial charge in [0.05, 0.1) is 25.8 Å². The first-order valence-electron chi connectivity index (χ1n) is 10.7. The zero-order valence-corrected chi connectivity index (χ0v) is 18.0. The number of rotatable bonds is 4. The Hall–Kier alpha value is -3.06. The number of nitrogens with one attached hydrogen (secondary N) is 2. The van der Waals surface area contributed by atoms with Crippen LogP contribution in [0.15, 0.2) is 36.4 Å². The van der Waals surface area contributed by atoms with Gasteiger partial charge >= 0.3 is 0 Å². The molecule has 0 unspecified atom stereocenters. The number of aryl methyl sites for hydroxylation is 1. The molecule has 3 aliphatic rings. The van der Waals surface area contributed by atoms with Crippen LogP contribution in [0.2, 0.25) is 0 Å². The van der Waals surface area contributed by atoms with Gasteiger partial charge in [0.1, 0.15) is 17.0 Å². The molecule has 2 aromatic carbocycles. The van der Waals surface area contributed by atoms with E-state index < -0.39 is 11.5 Å². The fourth-order valence-corrected chi connectivity index (χ4v) is 5.67. The average Bonchev–Trinajstić information content (AvgIpc) is 3.42. The van der Waals surface area contributed by atoms with Crippen molar-refractivity contribution in [2.45, 2.75) is 37.8 Å². The number of anilines is 2. The Morgan fingerprint density at radius 1 is 1.19 bits per heavy atom. The first kappa shape index (κ1) is 19.9. The number of ether oxygens (including phenoxy) is 2. The highest BCUT2D eigenvalue weighted by Crippen LogP contribution is 2.55. The molecular weight excluding hydrogens is 394 g/mol. The largest absolute Gasteiger partial charge is 0.497 e. The number of benzene rings is 2. The normalized spacial score (nSPS) is 26.5. The predicted molar refractivity (Wildman–Crippen MR) is 117 cm³/mol. The van der Waals surface area contributed by atoms with Crippen LogP contribution in [0.25, 0.3) is 0 Å². The number of carbonyl (C=O) groups is 2. The Bertz CT molecular complexity index is 1070. The van der Waals surface area contributed by atoms with Crippen molar-refractivity contribution in [2.75, 3.05) is 31.4 Å². The molecule has 0 bridgehead atoms. The van der Waals surface area contributed by atoms with Crippen LogP contribution in [-0.2, 0) is 15.1 Å². The lowest BCUT2D eigenvalue weighted by molar-refractivity contribution is -0.135. The van der Waals surface area contributed by atoms with Gasteiger partial charge in [0.2, 0.25) is 11.8 Å². The van der Waals surface area contributed by atoms with Gasteiger partial charge in [-0.25, -0.2) is 0 Å². The van der Waals surface area contributed by atoms with E-state index in [1.165, 1.54) is 0 Å². The fraction of sp³-hybridized carbons (Fsp3) is 0.417. The Kier molecular flexibility index (Phi) is 4.66. The van der Waals surface area contributed by atoms with Crippen molar-refractivity contribution in [1.82, 2.24) is 4.90 Å². The van der Waals surface area contributed by atoms with Crippen LogP contribution in [0, 0.1) is 12.8 Å². The van der Waals surface area contributed by atoms with Crippen molar-refractivity contribution in [3.8, 4) is 11.5 Å². The van der Waals surface area contributed by atoms with E-state index in [1.807, 2.05) is 19.1 Å². The average molecular weight is 421 g/mol. The lowest BCUT2D eigenvalue weighted by Gasteiger charge is -2.36. The molecule has 2 aromatic rings. The zero-order valence-electron chi connectivity index (χ0n) is 18.0. The third-order valence-electron chi connectivity index (χ3n) is 7.00. The number of fused-ring (bicyclic) bond motifs is 4. The van der Waals surface area contributed by atoms with E-state index in [4.69, 9.17) is 9.47 Å². The van der Waals surface area contributed by atoms with E-state index in [9.17, 15) is 9.59 Å². The minimum Gasteiger partial charge on any atom is -0.497 e. The van der Waals surface area contributed by atoms with Crippen LogP contribution < -0.4 is 20.1 Å². The second kappa shape index (κ2) is 7.27. The number of amides is 2. The Morgan fingerprint density at radius 3 is 2.81 bits per heavy atom. The number of nitrogens with zero attached hydrogens (tertiary/aromatic N) is 1. The number of carbonyl (C=O) groups excluding carboxylic acids is 2. The molecule has 162 valence electrons. The summed E-state index contributed by atoms with van der Waals surface area (Å²) in [4.78, 5) is 29.5. The molecule has 3 heterocycles. The van der Waals surface area contributed by atoms with Gasteiger partial charge in [0.25, 0.3) is 0 Å². The van der Waals surface area contributed by atoms with Crippen LogP contribution in [-0.4, -0.2) is 43.5 Å². The second-order valence-electron chi connectivity index (χ2n) is 8.60. The van der Waals surface area contributed by atoms with Crippen molar-refractivity contribution >= 4 is 23.2 Å². The highest BCUT2D eigenvalue weighted by molar-refractivity contribution is 6.11. The number of hydrogen-bond donors (Lipinski definition) is 2. The summed E-state index contributed by atoms with van der Waals surface area (Å²) in [5, 5.41) is 6.09. The van der Waals surface area contributed by atoms with Crippen molar-refractivity contribution in [3.63, 3.8) is 0 Å². The molecule has 0 saturated carbocycles. The van der Waals surface area contributed by atoms with Gasteiger partial charge in [0.15, 0.2) is 0 Å². The van der Waals surface area contributed by atoms with Gasteiger partial charge in [0, 0.05) is 23.4 Å². The van der Waals surface area contributed by atoms with Gasteiger partial charge < -0.3 is 20.1 Å². The van der Waals surface area contributed by atoms with Crippen molar-refractivity contribution in [2.24, 2.45) is 5.92 Å². The summed E-state index contributed by atoms with van der Waals surface area (Å²) in [5.41, 5.74) is 2.36. The molecule has 1 spiro atoms.